The number of aliphatic hydroxyl groups is 1. The van der Waals surface area contributed by atoms with Gasteiger partial charge in [-0.1, -0.05) is 11.8 Å². The second kappa shape index (κ2) is 8.91. The molecule has 174 valence electrons. The van der Waals surface area contributed by atoms with Crippen LogP contribution in [0.3, 0.4) is 0 Å². The van der Waals surface area contributed by atoms with Crippen LogP contribution in [-0.4, -0.2) is 59.9 Å². The van der Waals surface area contributed by atoms with Crippen molar-refractivity contribution in [1.29, 1.82) is 0 Å². The summed E-state index contributed by atoms with van der Waals surface area (Å²) in [6, 6.07) is 3.44. The van der Waals surface area contributed by atoms with Crippen molar-refractivity contribution in [3.8, 4) is 0 Å². The van der Waals surface area contributed by atoms with Crippen molar-refractivity contribution >= 4 is 34.5 Å². The van der Waals surface area contributed by atoms with E-state index in [0.29, 0.717) is 41.3 Å². The number of nitrogens with zero attached hydrogens (tertiary/aromatic N) is 7. The lowest BCUT2D eigenvalue weighted by Gasteiger charge is -2.33. The standard InChI is InChI=1S/C21H20FN9O2S/c22-13-4-27-20(28-5-13)31-8-12-10-34-19(23)30-21(12,11-31)17-3-14(1-2-24-17)29-18(33)16-7-25-15(9-32)6-26-16/h1-7,12,32H,8-11H2,(H2,23,30)(H,24,29,33)/t12-,21-/m0/s1. The third-order valence-corrected chi connectivity index (χ3v) is 6.70. The topological polar surface area (TPSA) is 155 Å². The minimum Gasteiger partial charge on any atom is -0.390 e. The Bertz CT molecular complexity index is 1240. The van der Waals surface area contributed by atoms with Gasteiger partial charge in [0.2, 0.25) is 5.95 Å². The van der Waals surface area contributed by atoms with Gasteiger partial charge in [-0.25, -0.2) is 24.3 Å². The van der Waals surface area contributed by atoms with E-state index in [9.17, 15) is 9.18 Å². The molecule has 4 N–H and O–H groups in total. The van der Waals surface area contributed by atoms with Crippen molar-refractivity contribution in [1.82, 2.24) is 24.9 Å². The fraction of sp³-hybridized carbons (Fsp3) is 0.286. The van der Waals surface area contributed by atoms with Gasteiger partial charge in [0, 0.05) is 30.1 Å². The number of carbonyl (C=O) groups is 1. The molecule has 13 heteroatoms. The van der Waals surface area contributed by atoms with Crippen LogP contribution in [0.1, 0.15) is 21.9 Å². The number of fused-ring (bicyclic) bond motifs is 1. The van der Waals surface area contributed by atoms with Crippen molar-refractivity contribution in [2.75, 3.05) is 29.1 Å². The average molecular weight is 482 g/mol. The van der Waals surface area contributed by atoms with Gasteiger partial charge in [0.15, 0.2) is 11.0 Å². The van der Waals surface area contributed by atoms with E-state index in [2.05, 4.69) is 30.2 Å². The Morgan fingerprint density at radius 3 is 2.79 bits per heavy atom. The highest BCUT2D eigenvalue weighted by atomic mass is 32.2. The number of amides is 1. The van der Waals surface area contributed by atoms with Gasteiger partial charge >= 0.3 is 0 Å². The first-order valence-electron chi connectivity index (χ1n) is 10.4. The van der Waals surface area contributed by atoms with Crippen LogP contribution in [0, 0.1) is 11.7 Å². The van der Waals surface area contributed by atoms with Gasteiger partial charge in [-0.15, -0.1) is 0 Å². The predicted octanol–water partition coefficient (Wildman–Crippen LogP) is 0.938. The fourth-order valence-corrected chi connectivity index (χ4v) is 5.08. The van der Waals surface area contributed by atoms with Crippen molar-refractivity contribution in [3.05, 3.63) is 66.0 Å². The molecule has 0 bridgehead atoms. The molecule has 0 unspecified atom stereocenters. The van der Waals surface area contributed by atoms with E-state index in [1.54, 1.807) is 18.3 Å². The number of nitrogens with one attached hydrogen (secondary N) is 1. The summed E-state index contributed by atoms with van der Waals surface area (Å²) >= 11 is 1.47. The summed E-state index contributed by atoms with van der Waals surface area (Å²) in [5.41, 5.74) is 6.99. The first-order chi connectivity index (χ1) is 16.5. The first-order valence-corrected chi connectivity index (χ1v) is 11.4. The van der Waals surface area contributed by atoms with Crippen LogP contribution >= 0.6 is 11.8 Å². The lowest BCUT2D eigenvalue weighted by Crippen LogP contribution is -2.40. The van der Waals surface area contributed by atoms with Crippen LogP contribution in [-0.2, 0) is 12.1 Å². The van der Waals surface area contributed by atoms with E-state index in [-0.39, 0.29) is 18.2 Å². The molecule has 0 spiro atoms. The Morgan fingerprint density at radius 2 is 2.06 bits per heavy atom. The molecule has 11 nitrogen and oxygen atoms in total. The summed E-state index contributed by atoms with van der Waals surface area (Å²) in [5, 5.41) is 12.3. The second-order valence-corrected chi connectivity index (χ2v) is 8.94. The zero-order valence-electron chi connectivity index (χ0n) is 17.8. The van der Waals surface area contributed by atoms with Crippen molar-refractivity contribution in [3.63, 3.8) is 0 Å². The lowest BCUT2D eigenvalue weighted by molar-refractivity contribution is 0.102. The van der Waals surface area contributed by atoms with Crippen LogP contribution < -0.4 is 16.0 Å². The zero-order chi connectivity index (χ0) is 23.7. The van der Waals surface area contributed by atoms with E-state index < -0.39 is 17.3 Å². The summed E-state index contributed by atoms with van der Waals surface area (Å²) in [6.07, 6.45) is 6.51. The number of thioether (sulfide) groups is 1. The molecule has 0 saturated carbocycles. The molecule has 0 aliphatic carbocycles. The quantitative estimate of drug-likeness (QED) is 0.479. The number of hydrogen-bond donors (Lipinski definition) is 3. The number of anilines is 2. The molecule has 1 fully saturated rings. The zero-order valence-corrected chi connectivity index (χ0v) is 18.6. The van der Waals surface area contributed by atoms with E-state index in [0.717, 1.165) is 18.1 Å². The Balaban J connectivity index is 1.44. The summed E-state index contributed by atoms with van der Waals surface area (Å²) in [6.45, 7) is 0.747. The van der Waals surface area contributed by atoms with Gasteiger partial charge in [0.1, 0.15) is 11.2 Å². The normalized spacial score (nSPS) is 21.6. The smallest absolute Gasteiger partial charge is 0.275 e. The molecule has 2 aliphatic heterocycles. The minimum atomic E-state index is -0.767. The molecule has 1 amide bonds. The van der Waals surface area contributed by atoms with E-state index >= 15 is 0 Å². The van der Waals surface area contributed by atoms with Crippen LogP contribution in [0.4, 0.5) is 16.0 Å². The molecule has 1 saturated heterocycles. The summed E-state index contributed by atoms with van der Waals surface area (Å²) < 4.78 is 13.3. The summed E-state index contributed by atoms with van der Waals surface area (Å²) in [4.78, 5) is 40.2. The fourth-order valence-electron chi connectivity index (χ4n) is 4.10. The van der Waals surface area contributed by atoms with Gasteiger partial charge < -0.3 is 21.1 Å². The van der Waals surface area contributed by atoms with Crippen molar-refractivity contribution in [2.45, 2.75) is 12.1 Å². The number of halogens is 1. The monoisotopic (exact) mass is 481 g/mol. The highest BCUT2D eigenvalue weighted by molar-refractivity contribution is 8.13. The third kappa shape index (κ3) is 4.15. The van der Waals surface area contributed by atoms with Gasteiger partial charge in [0.05, 0.1) is 49.3 Å². The Kier molecular flexibility index (Phi) is 5.79. The summed E-state index contributed by atoms with van der Waals surface area (Å²) in [5.74, 6) is 0.224. The summed E-state index contributed by atoms with van der Waals surface area (Å²) in [7, 11) is 0. The number of rotatable bonds is 5. The Labute approximate surface area is 197 Å². The van der Waals surface area contributed by atoms with Crippen molar-refractivity contribution < 1.29 is 14.3 Å². The molecule has 5 rings (SSSR count). The van der Waals surface area contributed by atoms with Gasteiger partial charge in [-0.2, -0.15) is 0 Å². The number of nitrogens with two attached hydrogens (primary N) is 1. The molecule has 34 heavy (non-hydrogen) atoms. The number of hydrogen-bond acceptors (Lipinski definition) is 11. The number of pyridine rings is 1. The molecule has 0 radical (unpaired) electrons. The van der Waals surface area contributed by atoms with Gasteiger partial charge in [-0.05, 0) is 12.1 Å². The molecule has 0 aromatic carbocycles. The highest BCUT2D eigenvalue weighted by Crippen LogP contribution is 2.45. The molecular weight excluding hydrogens is 461 g/mol. The number of aromatic nitrogens is 5. The Hall–Kier alpha value is -3.71. The van der Waals surface area contributed by atoms with E-state index in [1.165, 1.54) is 24.2 Å². The first kappa shape index (κ1) is 22.1. The van der Waals surface area contributed by atoms with Gasteiger partial charge in [0.25, 0.3) is 5.91 Å². The van der Waals surface area contributed by atoms with Crippen LogP contribution in [0.2, 0.25) is 0 Å². The third-order valence-electron chi connectivity index (χ3n) is 5.74. The van der Waals surface area contributed by atoms with Crippen molar-refractivity contribution in [2.24, 2.45) is 16.6 Å². The number of carbonyl (C=O) groups excluding carboxylic acids is 1. The lowest BCUT2D eigenvalue weighted by atomic mass is 9.85. The molecule has 2 atom stereocenters. The van der Waals surface area contributed by atoms with Crippen LogP contribution in [0.15, 0.2) is 48.1 Å². The maximum atomic E-state index is 13.3. The molecule has 5 heterocycles. The van der Waals surface area contributed by atoms with Crippen LogP contribution in [0.5, 0.6) is 0 Å². The highest BCUT2D eigenvalue weighted by Gasteiger charge is 2.51. The SMILES string of the molecule is NC1=N[C@@]2(c3cc(NC(=O)c4cnc(CO)cn4)ccn3)CN(c3ncc(F)cn3)C[C@H]2CS1. The van der Waals surface area contributed by atoms with E-state index in [1.807, 2.05) is 4.90 Å². The number of aliphatic hydroxyl groups excluding tert-OH is 1. The molecular formula is C21H20FN9O2S. The minimum absolute atomic E-state index is 0.0498. The largest absolute Gasteiger partial charge is 0.390 e. The van der Waals surface area contributed by atoms with Gasteiger partial charge in [-0.3, -0.25) is 14.8 Å². The maximum absolute atomic E-state index is 13.3. The second-order valence-electron chi connectivity index (χ2n) is 7.90. The van der Waals surface area contributed by atoms with Crippen LogP contribution in [0.25, 0.3) is 0 Å². The van der Waals surface area contributed by atoms with E-state index in [4.69, 9.17) is 15.8 Å². The predicted molar refractivity (Wildman–Crippen MR) is 124 cm³/mol. The Morgan fingerprint density at radius 1 is 1.24 bits per heavy atom. The molecule has 2 aliphatic rings. The number of amidine groups is 1. The number of aliphatic imine (C=N–C) groups is 1. The molecule has 3 aromatic rings. The molecule has 3 aromatic heterocycles. The maximum Gasteiger partial charge on any atom is 0.275 e. The average Bonchev–Trinajstić information content (AvgIpc) is 3.24.